The van der Waals surface area contributed by atoms with Crippen molar-refractivity contribution in [2.45, 2.75) is 0 Å². The molecule has 0 unspecified atom stereocenters. The minimum atomic E-state index is 0.646. The van der Waals surface area contributed by atoms with Gasteiger partial charge < -0.3 is 4.57 Å². The van der Waals surface area contributed by atoms with E-state index in [1.165, 1.54) is 32.9 Å². The van der Waals surface area contributed by atoms with Gasteiger partial charge in [-0.25, -0.2) is 15.0 Å². The van der Waals surface area contributed by atoms with Gasteiger partial charge in [0, 0.05) is 33.2 Å². The van der Waals surface area contributed by atoms with Crippen molar-refractivity contribution in [3.63, 3.8) is 0 Å². The summed E-state index contributed by atoms with van der Waals surface area (Å²) < 4.78 is 2.38. The summed E-state index contributed by atoms with van der Waals surface area (Å²) in [5.41, 5.74) is 11.0. The first kappa shape index (κ1) is 28.6. The first-order chi connectivity index (χ1) is 24.3. The van der Waals surface area contributed by atoms with Crippen molar-refractivity contribution >= 4 is 21.8 Å². The van der Waals surface area contributed by atoms with Crippen LogP contribution in [0.15, 0.2) is 182 Å². The van der Waals surface area contributed by atoms with Crippen LogP contribution < -0.4 is 0 Å². The van der Waals surface area contributed by atoms with E-state index in [0.29, 0.717) is 17.5 Å². The van der Waals surface area contributed by atoms with Gasteiger partial charge in [-0.2, -0.15) is 0 Å². The number of rotatable bonds is 6. The van der Waals surface area contributed by atoms with Crippen molar-refractivity contribution in [3.05, 3.63) is 182 Å². The van der Waals surface area contributed by atoms with Crippen molar-refractivity contribution in [3.8, 4) is 62.1 Å². The number of fused-ring (bicyclic) bond motifs is 3. The molecule has 0 atom stereocenters. The molecule has 0 radical (unpaired) electrons. The Morgan fingerprint density at radius 1 is 0.286 bits per heavy atom. The fourth-order valence-corrected chi connectivity index (χ4v) is 6.63. The molecule has 2 aromatic heterocycles. The quantitative estimate of drug-likeness (QED) is 0.184. The van der Waals surface area contributed by atoms with E-state index in [-0.39, 0.29) is 0 Å². The van der Waals surface area contributed by atoms with Gasteiger partial charge in [-0.15, -0.1) is 0 Å². The summed E-state index contributed by atoms with van der Waals surface area (Å²) in [4.78, 5) is 14.7. The smallest absolute Gasteiger partial charge is 0.164 e. The lowest BCUT2D eigenvalue weighted by Crippen LogP contribution is -2.00. The topological polar surface area (TPSA) is 43.6 Å². The van der Waals surface area contributed by atoms with Gasteiger partial charge in [-0.05, 0) is 46.5 Å². The standard InChI is InChI=1S/C45H30N4/c1-4-13-31(14-5-1)37-27-28-40-39-21-10-11-22-41(39)49(42(40)30-37)38-20-12-19-36(29-38)32-23-25-35(26-24-32)45-47-43(33-15-6-2-7-16-33)46-44(48-45)34-17-8-3-9-18-34/h1-30H. The van der Waals surface area contributed by atoms with Gasteiger partial charge in [0.05, 0.1) is 11.0 Å². The van der Waals surface area contributed by atoms with Gasteiger partial charge >= 0.3 is 0 Å². The highest BCUT2D eigenvalue weighted by Gasteiger charge is 2.15. The summed E-state index contributed by atoms with van der Waals surface area (Å²) in [7, 11) is 0. The summed E-state index contributed by atoms with van der Waals surface area (Å²) in [6.45, 7) is 0. The van der Waals surface area contributed by atoms with Crippen LogP contribution in [0.4, 0.5) is 0 Å². The van der Waals surface area contributed by atoms with E-state index in [4.69, 9.17) is 15.0 Å². The molecular formula is C45H30N4. The molecule has 0 aliphatic carbocycles. The summed E-state index contributed by atoms with van der Waals surface area (Å²) in [5, 5.41) is 2.49. The van der Waals surface area contributed by atoms with Crippen LogP contribution in [0.25, 0.3) is 83.9 Å². The Morgan fingerprint density at radius 2 is 0.714 bits per heavy atom. The molecule has 0 fully saturated rings. The lowest BCUT2D eigenvalue weighted by Gasteiger charge is -2.12. The minimum Gasteiger partial charge on any atom is -0.309 e. The lowest BCUT2D eigenvalue weighted by atomic mass is 10.0. The molecule has 4 heteroatoms. The van der Waals surface area contributed by atoms with Crippen LogP contribution in [0.5, 0.6) is 0 Å². The summed E-state index contributed by atoms with van der Waals surface area (Å²) in [6, 6.07) is 63.5. The number of hydrogen-bond acceptors (Lipinski definition) is 3. The van der Waals surface area contributed by atoms with Crippen molar-refractivity contribution in [2.24, 2.45) is 0 Å². The van der Waals surface area contributed by atoms with Crippen LogP contribution in [0.3, 0.4) is 0 Å². The highest BCUT2D eigenvalue weighted by molar-refractivity contribution is 6.10. The van der Waals surface area contributed by atoms with Crippen LogP contribution in [-0.4, -0.2) is 19.5 Å². The van der Waals surface area contributed by atoms with Crippen molar-refractivity contribution in [1.82, 2.24) is 19.5 Å². The molecule has 0 saturated heterocycles. The maximum atomic E-state index is 4.91. The summed E-state index contributed by atoms with van der Waals surface area (Å²) >= 11 is 0. The second kappa shape index (κ2) is 12.2. The molecule has 0 aliphatic rings. The molecule has 9 rings (SSSR count). The average molecular weight is 627 g/mol. The van der Waals surface area contributed by atoms with Gasteiger partial charge in [-0.3, -0.25) is 0 Å². The highest BCUT2D eigenvalue weighted by Crippen LogP contribution is 2.36. The number of aromatic nitrogens is 4. The van der Waals surface area contributed by atoms with Crippen LogP contribution >= 0.6 is 0 Å². The first-order valence-corrected chi connectivity index (χ1v) is 16.5. The van der Waals surface area contributed by atoms with E-state index in [2.05, 4.69) is 126 Å². The van der Waals surface area contributed by atoms with Crippen LogP contribution in [0, 0.1) is 0 Å². The third kappa shape index (κ3) is 5.35. The molecule has 0 N–H and O–H groups in total. The van der Waals surface area contributed by atoms with Crippen LogP contribution in [-0.2, 0) is 0 Å². The molecule has 7 aromatic carbocycles. The van der Waals surface area contributed by atoms with Gasteiger partial charge in [0.2, 0.25) is 0 Å². The predicted molar refractivity (Wildman–Crippen MR) is 201 cm³/mol. The molecular weight excluding hydrogens is 597 g/mol. The second-order valence-electron chi connectivity index (χ2n) is 12.1. The van der Waals surface area contributed by atoms with Gasteiger partial charge in [-0.1, -0.05) is 158 Å². The molecule has 230 valence electrons. The zero-order valence-electron chi connectivity index (χ0n) is 26.6. The number of nitrogens with zero attached hydrogens (tertiary/aromatic N) is 4. The third-order valence-corrected chi connectivity index (χ3v) is 9.06. The van der Waals surface area contributed by atoms with E-state index >= 15 is 0 Å². The predicted octanol–water partition coefficient (Wildman–Crippen LogP) is 11.3. The first-order valence-electron chi connectivity index (χ1n) is 16.5. The molecule has 49 heavy (non-hydrogen) atoms. The SMILES string of the molecule is c1ccc(-c2ccc3c4ccccc4n(-c4cccc(-c5ccc(-c6nc(-c7ccccc7)nc(-c7ccccc7)n6)cc5)c4)c3c2)cc1. The number of benzene rings is 7. The number of hydrogen-bond donors (Lipinski definition) is 0. The van der Waals surface area contributed by atoms with Crippen molar-refractivity contribution in [1.29, 1.82) is 0 Å². The van der Waals surface area contributed by atoms with E-state index in [1.54, 1.807) is 0 Å². The molecule has 0 saturated carbocycles. The lowest BCUT2D eigenvalue weighted by molar-refractivity contribution is 1.07. The summed E-state index contributed by atoms with van der Waals surface area (Å²) in [6.07, 6.45) is 0. The Hall–Kier alpha value is -6.65. The Balaban J connectivity index is 1.12. The molecule has 0 bridgehead atoms. The molecule has 0 aliphatic heterocycles. The summed E-state index contributed by atoms with van der Waals surface area (Å²) in [5.74, 6) is 1.96. The van der Waals surface area contributed by atoms with E-state index in [0.717, 1.165) is 33.5 Å². The maximum Gasteiger partial charge on any atom is 0.164 e. The van der Waals surface area contributed by atoms with Gasteiger partial charge in [0.15, 0.2) is 17.5 Å². The molecule has 9 aromatic rings. The Morgan fingerprint density at radius 3 is 1.35 bits per heavy atom. The second-order valence-corrected chi connectivity index (χ2v) is 12.1. The van der Waals surface area contributed by atoms with Crippen molar-refractivity contribution < 1.29 is 0 Å². The number of para-hydroxylation sites is 1. The Bertz CT molecular complexity index is 2520. The Kier molecular flexibility index (Phi) is 7.10. The normalized spacial score (nSPS) is 11.3. The third-order valence-electron chi connectivity index (χ3n) is 9.06. The molecule has 0 amide bonds. The Labute approximate surface area is 284 Å². The van der Waals surface area contributed by atoms with Crippen LogP contribution in [0.1, 0.15) is 0 Å². The molecule has 2 heterocycles. The zero-order valence-corrected chi connectivity index (χ0v) is 26.6. The monoisotopic (exact) mass is 626 g/mol. The van der Waals surface area contributed by atoms with Gasteiger partial charge in [0.1, 0.15) is 0 Å². The minimum absolute atomic E-state index is 0.646. The molecule has 4 nitrogen and oxygen atoms in total. The van der Waals surface area contributed by atoms with Crippen molar-refractivity contribution in [2.75, 3.05) is 0 Å². The zero-order chi connectivity index (χ0) is 32.6. The fourth-order valence-electron chi connectivity index (χ4n) is 6.63. The van der Waals surface area contributed by atoms with E-state index < -0.39 is 0 Å². The van der Waals surface area contributed by atoms with Gasteiger partial charge in [0.25, 0.3) is 0 Å². The largest absolute Gasteiger partial charge is 0.309 e. The van der Waals surface area contributed by atoms with E-state index in [1.807, 2.05) is 60.7 Å². The fraction of sp³-hybridized carbons (Fsp3) is 0. The average Bonchev–Trinajstić information content (AvgIpc) is 3.52. The van der Waals surface area contributed by atoms with E-state index in [9.17, 15) is 0 Å². The van der Waals surface area contributed by atoms with Crippen LogP contribution in [0.2, 0.25) is 0 Å². The maximum absolute atomic E-state index is 4.91. The highest BCUT2D eigenvalue weighted by atomic mass is 15.0. The molecule has 0 spiro atoms.